The van der Waals surface area contributed by atoms with Gasteiger partial charge in [-0.05, 0) is 32.1 Å². The maximum absolute atomic E-state index is 12.4. The van der Waals surface area contributed by atoms with E-state index in [-0.39, 0.29) is 23.8 Å². The lowest BCUT2D eigenvalue weighted by Gasteiger charge is -2.32. The molecule has 6 heteroatoms. The Bertz CT molecular complexity index is 520. The van der Waals surface area contributed by atoms with Gasteiger partial charge in [0.25, 0.3) is 0 Å². The van der Waals surface area contributed by atoms with Gasteiger partial charge in [-0.1, -0.05) is 6.92 Å². The molecule has 2 heterocycles. The summed E-state index contributed by atoms with van der Waals surface area (Å²) in [7, 11) is 0. The SMILES string of the molecule is CC[C@H](NC(=O)C1CCN(C(=O)C2CC2)CC1)c1nccs1. The van der Waals surface area contributed by atoms with Gasteiger partial charge in [0, 0.05) is 36.5 Å². The Balaban J connectivity index is 1.50. The molecular formula is C16H23N3O2S. The predicted octanol–water partition coefficient (Wildman–Crippen LogP) is 2.36. The summed E-state index contributed by atoms with van der Waals surface area (Å²) in [6.45, 7) is 3.51. The normalized spacial score (nSPS) is 20.7. The molecule has 1 aliphatic heterocycles. The number of thiazole rings is 1. The quantitative estimate of drug-likeness (QED) is 0.905. The van der Waals surface area contributed by atoms with E-state index in [0.29, 0.717) is 5.91 Å². The van der Waals surface area contributed by atoms with Gasteiger partial charge in [-0.2, -0.15) is 0 Å². The van der Waals surface area contributed by atoms with E-state index in [4.69, 9.17) is 0 Å². The van der Waals surface area contributed by atoms with Gasteiger partial charge >= 0.3 is 0 Å². The van der Waals surface area contributed by atoms with Crippen LogP contribution >= 0.6 is 11.3 Å². The minimum absolute atomic E-state index is 0.0126. The summed E-state index contributed by atoms with van der Waals surface area (Å²) < 4.78 is 0. The van der Waals surface area contributed by atoms with Crippen molar-refractivity contribution in [1.82, 2.24) is 15.2 Å². The van der Waals surface area contributed by atoms with Crippen LogP contribution in [0.25, 0.3) is 0 Å². The third-order valence-electron chi connectivity index (χ3n) is 4.58. The maximum atomic E-state index is 12.4. The molecule has 1 aliphatic carbocycles. The van der Waals surface area contributed by atoms with Crippen molar-refractivity contribution in [1.29, 1.82) is 0 Å². The standard InChI is InChI=1S/C16H23N3O2S/c1-2-13(15-17-7-10-22-15)18-14(20)11-5-8-19(9-6-11)16(21)12-3-4-12/h7,10-13H,2-6,8-9H2,1H3,(H,18,20)/t13-/m0/s1. The van der Waals surface area contributed by atoms with Gasteiger partial charge in [-0.25, -0.2) is 4.98 Å². The number of amides is 2. The number of nitrogens with one attached hydrogen (secondary N) is 1. The van der Waals surface area contributed by atoms with Gasteiger partial charge in [-0.15, -0.1) is 11.3 Å². The van der Waals surface area contributed by atoms with Gasteiger partial charge in [0.05, 0.1) is 6.04 Å². The van der Waals surface area contributed by atoms with Gasteiger partial charge in [0.1, 0.15) is 5.01 Å². The van der Waals surface area contributed by atoms with Crippen molar-refractivity contribution in [3.8, 4) is 0 Å². The van der Waals surface area contributed by atoms with Crippen LogP contribution in [0.5, 0.6) is 0 Å². The summed E-state index contributed by atoms with van der Waals surface area (Å²) in [4.78, 5) is 30.7. The molecule has 3 rings (SSSR count). The number of hydrogen-bond acceptors (Lipinski definition) is 4. The Kier molecular flexibility index (Phi) is 4.76. The van der Waals surface area contributed by atoms with E-state index < -0.39 is 0 Å². The molecule has 2 fully saturated rings. The molecule has 5 nitrogen and oxygen atoms in total. The average Bonchev–Trinajstić information content (AvgIpc) is 3.27. The fourth-order valence-electron chi connectivity index (χ4n) is 2.99. The summed E-state index contributed by atoms with van der Waals surface area (Å²) in [5.41, 5.74) is 0. The van der Waals surface area contributed by atoms with Crippen molar-refractivity contribution in [2.45, 2.75) is 45.1 Å². The third kappa shape index (κ3) is 3.48. The lowest BCUT2D eigenvalue weighted by atomic mass is 9.95. The highest BCUT2D eigenvalue weighted by atomic mass is 32.1. The van der Waals surface area contributed by atoms with Crippen LogP contribution in [0.3, 0.4) is 0 Å². The van der Waals surface area contributed by atoms with Crippen molar-refractivity contribution in [2.24, 2.45) is 11.8 Å². The summed E-state index contributed by atoms with van der Waals surface area (Å²) in [6.07, 6.45) is 6.27. The Hall–Kier alpha value is -1.43. The minimum Gasteiger partial charge on any atom is -0.347 e. The monoisotopic (exact) mass is 321 g/mol. The highest BCUT2D eigenvalue weighted by molar-refractivity contribution is 7.09. The van der Waals surface area contributed by atoms with Crippen LogP contribution in [0, 0.1) is 11.8 Å². The topological polar surface area (TPSA) is 62.3 Å². The van der Waals surface area contributed by atoms with E-state index in [1.165, 1.54) is 0 Å². The van der Waals surface area contributed by atoms with Crippen LogP contribution in [0.15, 0.2) is 11.6 Å². The van der Waals surface area contributed by atoms with Crippen molar-refractivity contribution in [2.75, 3.05) is 13.1 Å². The van der Waals surface area contributed by atoms with E-state index in [0.717, 1.165) is 50.2 Å². The molecule has 2 aliphatic rings. The lowest BCUT2D eigenvalue weighted by Crippen LogP contribution is -2.44. The molecule has 22 heavy (non-hydrogen) atoms. The molecule has 1 atom stereocenters. The molecule has 1 N–H and O–H groups in total. The third-order valence-corrected chi connectivity index (χ3v) is 5.47. The summed E-state index contributed by atoms with van der Waals surface area (Å²) in [6, 6.07) is 0.0126. The van der Waals surface area contributed by atoms with Gasteiger partial charge < -0.3 is 10.2 Å². The fourth-order valence-corrected chi connectivity index (χ4v) is 3.76. The van der Waals surface area contributed by atoms with E-state index >= 15 is 0 Å². The molecule has 0 bridgehead atoms. The minimum atomic E-state index is 0.0126. The van der Waals surface area contributed by atoms with Gasteiger partial charge in [0.2, 0.25) is 11.8 Å². The molecule has 0 aromatic carbocycles. The summed E-state index contributed by atoms with van der Waals surface area (Å²) in [5, 5.41) is 6.03. The molecule has 1 aromatic rings. The Morgan fingerprint density at radius 3 is 2.59 bits per heavy atom. The number of carbonyl (C=O) groups excluding carboxylic acids is 2. The largest absolute Gasteiger partial charge is 0.347 e. The molecular weight excluding hydrogens is 298 g/mol. The van der Waals surface area contributed by atoms with Crippen molar-refractivity contribution >= 4 is 23.2 Å². The lowest BCUT2D eigenvalue weighted by molar-refractivity contribution is -0.136. The van der Waals surface area contributed by atoms with Crippen LogP contribution < -0.4 is 5.32 Å². The Labute approximate surface area is 135 Å². The Morgan fingerprint density at radius 2 is 2.05 bits per heavy atom. The summed E-state index contributed by atoms with van der Waals surface area (Å²) >= 11 is 1.58. The zero-order valence-electron chi connectivity index (χ0n) is 13.0. The van der Waals surface area contributed by atoms with E-state index in [1.54, 1.807) is 17.5 Å². The molecule has 0 radical (unpaired) electrons. The van der Waals surface area contributed by atoms with Crippen molar-refractivity contribution in [3.63, 3.8) is 0 Å². The number of rotatable bonds is 5. The first kappa shape index (κ1) is 15.5. The molecule has 1 saturated carbocycles. The molecule has 120 valence electrons. The second-order valence-electron chi connectivity index (χ2n) is 6.21. The van der Waals surface area contributed by atoms with Crippen LogP contribution in [-0.4, -0.2) is 34.8 Å². The van der Waals surface area contributed by atoms with Crippen molar-refractivity contribution in [3.05, 3.63) is 16.6 Å². The van der Waals surface area contributed by atoms with Crippen LogP contribution in [0.2, 0.25) is 0 Å². The highest BCUT2D eigenvalue weighted by Crippen LogP contribution is 2.32. The Morgan fingerprint density at radius 1 is 1.32 bits per heavy atom. The zero-order valence-corrected chi connectivity index (χ0v) is 13.8. The number of hydrogen-bond donors (Lipinski definition) is 1. The van der Waals surface area contributed by atoms with Gasteiger partial charge in [-0.3, -0.25) is 9.59 Å². The highest BCUT2D eigenvalue weighted by Gasteiger charge is 2.36. The number of likely N-dealkylation sites (tertiary alicyclic amines) is 1. The first-order valence-corrected chi connectivity index (χ1v) is 9.05. The predicted molar refractivity (Wildman–Crippen MR) is 85.3 cm³/mol. The number of nitrogens with zero attached hydrogens (tertiary/aromatic N) is 2. The number of carbonyl (C=O) groups is 2. The van der Waals surface area contributed by atoms with Gasteiger partial charge in [0.15, 0.2) is 0 Å². The van der Waals surface area contributed by atoms with Crippen LogP contribution in [-0.2, 0) is 9.59 Å². The van der Waals surface area contributed by atoms with E-state index in [2.05, 4.69) is 17.2 Å². The first-order chi connectivity index (χ1) is 10.7. The van der Waals surface area contributed by atoms with E-state index in [1.807, 2.05) is 10.3 Å². The zero-order chi connectivity index (χ0) is 15.5. The summed E-state index contributed by atoms with van der Waals surface area (Å²) in [5.74, 6) is 0.714. The smallest absolute Gasteiger partial charge is 0.225 e. The van der Waals surface area contributed by atoms with Crippen LogP contribution in [0.1, 0.15) is 50.1 Å². The maximum Gasteiger partial charge on any atom is 0.225 e. The molecule has 1 aromatic heterocycles. The second-order valence-corrected chi connectivity index (χ2v) is 7.14. The fraction of sp³-hybridized carbons (Fsp3) is 0.688. The average molecular weight is 321 g/mol. The molecule has 0 unspecified atom stereocenters. The van der Waals surface area contributed by atoms with Crippen molar-refractivity contribution < 1.29 is 9.59 Å². The first-order valence-electron chi connectivity index (χ1n) is 8.17. The molecule has 1 saturated heterocycles. The molecule has 0 spiro atoms. The molecule has 2 amide bonds. The number of piperidine rings is 1. The second kappa shape index (κ2) is 6.77. The van der Waals surface area contributed by atoms with Crippen LogP contribution in [0.4, 0.5) is 0 Å². The number of aromatic nitrogens is 1. The van der Waals surface area contributed by atoms with E-state index in [9.17, 15) is 9.59 Å².